The van der Waals surface area contributed by atoms with Crippen molar-refractivity contribution in [3.8, 4) is 0 Å². The number of ether oxygens (including phenoxy) is 1. The lowest BCUT2D eigenvalue weighted by molar-refractivity contribution is -0.119. The van der Waals surface area contributed by atoms with Crippen molar-refractivity contribution in [1.29, 1.82) is 0 Å². The molecule has 2 aliphatic rings. The van der Waals surface area contributed by atoms with Gasteiger partial charge in [-0.2, -0.15) is 0 Å². The number of hydrogen-bond donors (Lipinski definition) is 2. The van der Waals surface area contributed by atoms with Crippen LogP contribution < -0.4 is 11.5 Å². The van der Waals surface area contributed by atoms with Crippen molar-refractivity contribution in [1.82, 2.24) is 0 Å². The standard InChI is InChI=1S/C18H19ClN2O2S/c1-18(2)7-11(22)14-12(8-18)23-16(20)15(17(21)24)13(14)9-3-5-10(19)6-4-9/h3-6,13H,7-8,20H2,1-2H3,(H2,21,24)/t13-/m0/s1. The summed E-state index contributed by atoms with van der Waals surface area (Å²) in [4.78, 5) is 13.0. The van der Waals surface area contributed by atoms with Crippen LogP contribution in [-0.4, -0.2) is 10.8 Å². The molecule has 4 N–H and O–H groups in total. The van der Waals surface area contributed by atoms with Gasteiger partial charge in [0.2, 0.25) is 0 Å². The van der Waals surface area contributed by atoms with Gasteiger partial charge >= 0.3 is 0 Å². The van der Waals surface area contributed by atoms with E-state index >= 15 is 0 Å². The predicted octanol–water partition coefficient (Wildman–Crippen LogP) is 3.55. The Balaban J connectivity index is 2.19. The molecular formula is C18H19ClN2O2S. The van der Waals surface area contributed by atoms with Crippen molar-refractivity contribution in [2.24, 2.45) is 16.9 Å². The summed E-state index contributed by atoms with van der Waals surface area (Å²) < 4.78 is 5.77. The second-order valence-electron chi connectivity index (χ2n) is 7.01. The van der Waals surface area contributed by atoms with Crippen LogP contribution in [0.3, 0.4) is 0 Å². The molecule has 0 aromatic heterocycles. The van der Waals surface area contributed by atoms with Gasteiger partial charge in [-0.15, -0.1) is 0 Å². The molecule has 3 rings (SSSR count). The molecule has 0 fully saturated rings. The number of ketones is 1. The first-order chi connectivity index (χ1) is 11.2. The minimum atomic E-state index is -0.410. The lowest BCUT2D eigenvalue weighted by Crippen LogP contribution is -2.36. The Bertz CT molecular complexity index is 794. The monoisotopic (exact) mass is 362 g/mol. The third kappa shape index (κ3) is 2.94. The van der Waals surface area contributed by atoms with E-state index in [4.69, 9.17) is 40.0 Å². The molecule has 0 unspecified atom stereocenters. The van der Waals surface area contributed by atoms with Crippen LogP contribution in [0.25, 0.3) is 0 Å². The highest BCUT2D eigenvalue weighted by Crippen LogP contribution is 2.48. The van der Waals surface area contributed by atoms with Crippen LogP contribution in [0.2, 0.25) is 5.02 Å². The van der Waals surface area contributed by atoms with Gasteiger partial charge in [0.1, 0.15) is 10.7 Å². The van der Waals surface area contributed by atoms with Gasteiger partial charge in [-0.05, 0) is 23.1 Å². The Hall–Kier alpha value is -1.85. The molecule has 0 saturated heterocycles. The van der Waals surface area contributed by atoms with Crippen LogP contribution in [0.4, 0.5) is 0 Å². The highest BCUT2D eigenvalue weighted by atomic mass is 35.5. The van der Waals surface area contributed by atoms with E-state index in [9.17, 15) is 4.79 Å². The number of halogens is 1. The van der Waals surface area contributed by atoms with E-state index in [-0.39, 0.29) is 22.1 Å². The quantitative estimate of drug-likeness (QED) is 0.786. The zero-order valence-electron chi connectivity index (χ0n) is 13.6. The Morgan fingerprint density at radius 3 is 2.50 bits per heavy atom. The summed E-state index contributed by atoms with van der Waals surface area (Å²) in [5, 5.41) is 0.616. The molecule has 1 aromatic carbocycles. The highest BCUT2D eigenvalue weighted by Gasteiger charge is 2.43. The minimum Gasteiger partial charge on any atom is -0.445 e. The molecule has 1 heterocycles. The number of thiocarbonyl (C=S) groups is 1. The smallest absolute Gasteiger partial charge is 0.197 e. The second-order valence-corrected chi connectivity index (χ2v) is 7.88. The van der Waals surface area contributed by atoms with Crippen molar-refractivity contribution in [2.45, 2.75) is 32.6 Å². The van der Waals surface area contributed by atoms with Gasteiger partial charge in [0.05, 0.1) is 5.57 Å². The first-order valence-electron chi connectivity index (χ1n) is 7.68. The van der Waals surface area contributed by atoms with Gasteiger partial charge in [0.25, 0.3) is 0 Å². The van der Waals surface area contributed by atoms with E-state index in [1.54, 1.807) is 12.1 Å². The molecule has 0 bridgehead atoms. The van der Waals surface area contributed by atoms with Gasteiger partial charge in [-0.25, -0.2) is 0 Å². The van der Waals surface area contributed by atoms with Crippen LogP contribution >= 0.6 is 23.8 Å². The van der Waals surface area contributed by atoms with Gasteiger partial charge in [0.15, 0.2) is 11.7 Å². The fraction of sp³-hybridized carbons (Fsp3) is 0.333. The van der Waals surface area contributed by atoms with Crippen molar-refractivity contribution >= 4 is 34.6 Å². The third-order valence-corrected chi connectivity index (χ3v) is 4.90. The molecule has 1 atom stereocenters. The average molecular weight is 363 g/mol. The lowest BCUT2D eigenvalue weighted by Gasteiger charge is -2.38. The van der Waals surface area contributed by atoms with Crippen molar-refractivity contribution < 1.29 is 9.53 Å². The first kappa shape index (κ1) is 17.0. The number of nitrogens with two attached hydrogens (primary N) is 2. The molecule has 1 aliphatic carbocycles. The second kappa shape index (κ2) is 5.90. The van der Waals surface area contributed by atoms with Crippen LogP contribution in [0.5, 0.6) is 0 Å². The topological polar surface area (TPSA) is 78.3 Å². The molecule has 1 aliphatic heterocycles. The largest absolute Gasteiger partial charge is 0.445 e. The number of carbonyl (C=O) groups is 1. The summed E-state index contributed by atoms with van der Waals surface area (Å²) in [6.45, 7) is 4.08. The molecule has 0 radical (unpaired) electrons. The Morgan fingerprint density at radius 1 is 1.29 bits per heavy atom. The molecule has 0 saturated carbocycles. The van der Waals surface area contributed by atoms with Gasteiger partial charge in [-0.3, -0.25) is 4.79 Å². The molecular weight excluding hydrogens is 344 g/mol. The van der Waals surface area contributed by atoms with E-state index in [1.165, 1.54) is 0 Å². The van der Waals surface area contributed by atoms with Gasteiger partial charge < -0.3 is 16.2 Å². The number of hydrogen-bond acceptors (Lipinski definition) is 4. The number of rotatable bonds is 2. The maximum Gasteiger partial charge on any atom is 0.197 e. The number of Topliss-reactive ketones (excluding diaryl/α,β-unsaturated/α-hetero) is 1. The maximum absolute atomic E-state index is 12.9. The van der Waals surface area contributed by atoms with Gasteiger partial charge in [0, 0.05) is 29.4 Å². The molecule has 24 heavy (non-hydrogen) atoms. The number of benzene rings is 1. The van der Waals surface area contributed by atoms with Gasteiger partial charge in [-0.1, -0.05) is 49.8 Å². The summed E-state index contributed by atoms with van der Waals surface area (Å²) in [6.07, 6.45) is 1.09. The molecule has 6 heteroatoms. The number of allylic oxidation sites excluding steroid dienone is 2. The van der Waals surface area contributed by atoms with E-state index < -0.39 is 5.92 Å². The van der Waals surface area contributed by atoms with Crippen molar-refractivity contribution in [2.75, 3.05) is 0 Å². The fourth-order valence-corrected chi connectivity index (χ4v) is 3.76. The van der Waals surface area contributed by atoms with E-state index in [2.05, 4.69) is 0 Å². The summed E-state index contributed by atoms with van der Waals surface area (Å²) in [6, 6.07) is 7.28. The van der Waals surface area contributed by atoms with Crippen molar-refractivity contribution in [3.63, 3.8) is 0 Å². The Morgan fingerprint density at radius 2 is 1.92 bits per heavy atom. The molecule has 126 valence electrons. The zero-order valence-corrected chi connectivity index (χ0v) is 15.1. The summed E-state index contributed by atoms with van der Waals surface area (Å²) >= 11 is 11.2. The Kier molecular flexibility index (Phi) is 4.18. The highest BCUT2D eigenvalue weighted by molar-refractivity contribution is 7.80. The van der Waals surface area contributed by atoms with Crippen LogP contribution in [0.15, 0.2) is 47.1 Å². The minimum absolute atomic E-state index is 0.0439. The zero-order chi connectivity index (χ0) is 17.6. The van der Waals surface area contributed by atoms with E-state index in [0.29, 0.717) is 34.8 Å². The SMILES string of the molecule is CC1(C)CC(=O)C2=C(C1)OC(N)=C(C(N)=S)[C@H]2c1ccc(Cl)cc1. The molecule has 4 nitrogen and oxygen atoms in total. The summed E-state index contributed by atoms with van der Waals surface area (Å²) in [7, 11) is 0. The van der Waals surface area contributed by atoms with Crippen LogP contribution in [0, 0.1) is 5.41 Å². The third-order valence-electron chi connectivity index (χ3n) is 4.42. The average Bonchev–Trinajstić information content (AvgIpc) is 2.44. The fourth-order valence-electron chi connectivity index (χ4n) is 3.42. The summed E-state index contributed by atoms with van der Waals surface area (Å²) in [5.74, 6) is 0.426. The van der Waals surface area contributed by atoms with Crippen LogP contribution in [-0.2, 0) is 9.53 Å². The number of carbonyl (C=O) groups excluding carboxylic acids is 1. The molecule has 1 aromatic rings. The normalized spacial score (nSPS) is 23.0. The Labute approximate surface area is 151 Å². The van der Waals surface area contributed by atoms with Crippen LogP contribution in [0.1, 0.15) is 38.2 Å². The molecule has 0 spiro atoms. The lowest BCUT2D eigenvalue weighted by atomic mass is 9.70. The maximum atomic E-state index is 12.9. The molecule has 0 amide bonds. The van der Waals surface area contributed by atoms with Crippen molar-refractivity contribution in [3.05, 3.63) is 57.6 Å². The summed E-state index contributed by atoms with van der Waals surface area (Å²) in [5.41, 5.74) is 13.8. The van der Waals surface area contributed by atoms with E-state index in [1.807, 2.05) is 26.0 Å². The first-order valence-corrected chi connectivity index (χ1v) is 8.47. The van der Waals surface area contributed by atoms with E-state index in [0.717, 1.165) is 5.56 Å². The predicted molar refractivity (Wildman–Crippen MR) is 98.3 cm³/mol.